The zero-order chi connectivity index (χ0) is 21.5. The van der Waals surface area contributed by atoms with Crippen LogP contribution in [0.3, 0.4) is 0 Å². The Kier molecular flexibility index (Phi) is 5.08. The van der Waals surface area contributed by atoms with Gasteiger partial charge in [0.05, 0.1) is 11.1 Å². The minimum absolute atomic E-state index is 0.154. The normalized spacial score (nSPS) is 17.2. The van der Waals surface area contributed by atoms with Crippen molar-refractivity contribution in [3.8, 4) is 28.4 Å². The standard InChI is InChI=1S/C24H26N2O5/c1-15-17-4-5-19(27)18(14-26-9-7-25(2)8-10-26)23(17)31-24(28)22(15)16-3-6-20-21(13-16)30-12-11-29-20/h3-6,13,27H,7-12,14H2,1-2H3. The lowest BCUT2D eigenvalue weighted by Crippen LogP contribution is -2.43. The number of nitrogens with zero attached hydrogens (tertiary/aromatic N) is 2. The summed E-state index contributed by atoms with van der Waals surface area (Å²) in [5.41, 5.74) is 2.75. The minimum atomic E-state index is -0.424. The molecule has 162 valence electrons. The second-order valence-corrected chi connectivity index (χ2v) is 8.27. The summed E-state index contributed by atoms with van der Waals surface area (Å²) in [5, 5.41) is 11.4. The SMILES string of the molecule is Cc1c(-c2ccc3c(c2)OCCO3)c(=O)oc2c(CN3CCN(C)CC3)c(O)ccc12. The first-order chi connectivity index (χ1) is 15.0. The van der Waals surface area contributed by atoms with Crippen molar-refractivity contribution in [2.24, 2.45) is 0 Å². The van der Waals surface area contributed by atoms with Crippen molar-refractivity contribution in [1.29, 1.82) is 0 Å². The molecule has 3 aromatic rings. The van der Waals surface area contributed by atoms with Gasteiger partial charge in [-0.1, -0.05) is 6.07 Å². The summed E-state index contributed by atoms with van der Waals surface area (Å²) < 4.78 is 17.1. The largest absolute Gasteiger partial charge is 0.507 e. The Hall–Kier alpha value is -3.03. The molecule has 0 bridgehead atoms. The van der Waals surface area contributed by atoms with Crippen LogP contribution >= 0.6 is 0 Å². The van der Waals surface area contributed by atoms with E-state index in [9.17, 15) is 9.90 Å². The number of phenolic OH excluding ortho intramolecular Hbond substituents is 1. The molecule has 2 aromatic carbocycles. The molecule has 1 N–H and O–H groups in total. The molecule has 2 aliphatic rings. The summed E-state index contributed by atoms with van der Waals surface area (Å²) >= 11 is 0. The summed E-state index contributed by atoms with van der Waals surface area (Å²) in [6.07, 6.45) is 0. The first-order valence-electron chi connectivity index (χ1n) is 10.6. The molecule has 1 saturated heterocycles. The van der Waals surface area contributed by atoms with Crippen molar-refractivity contribution >= 4 is 11.0 Å². The molecule has 31 heavy (non-hydrogen) atoms. The number of hydrogen-bond donors (Lipinski definition) is 1. The van der Waals surface area contributed by atoms with Gasteiger partial charge in [-0.05, 0) is 49.4 Å². The van der Waals surface area contributed by atoms with Gasteiger partial charge in [0.15, 0.2) is 11.5 Å². The number of hydrogen-bond acceptors (Lipinski definition) is 7. The fourth-order valence-electron chi connectivity index (χ4n) is 4.38. The highest BCUT2D eigenvalue weighted by molar-refractivity contribution is 5.90. The number of ether oxygens (including phenoxy) is 2. The molecule has 3 heterocycles. The zero-order valence-electron chi connectivity index (χ0n) is 17.8. The van der Waals surface area contributed by atoms with E-state index in [0.29, 0.717) is 48.0 Å². The van der Waals surface area contributed by atoms with E-state index in [2.05, 4.69) is 16.8 Å². The lowest BCUT2D eigenvalue weighted by atomic mass is 9.97. The minimum Gasteiger partial charge on any atom is -0.507 e. The van der Waals surface area contributed by atoms with E-state index >= 15 is 0 Å². The molecule has 7 heteroatoms. The number of aromatic hydroxyl groups is 1. The van der Waals surface area contributed by atoms with Crippen LogP contribution in [0.4, 0.5) is 0 Å². The lowest BCUT2D eigenvalue weighted by molar-refractivity contribution is 0.147. The van der Waals surface area contributed by atoms with Crippen molar-refractivity contribution in [1.82, 2.24) is 9.80 Å². The molecular weight excluding hydrogens is 396 g/mol. The number of piperazine rings is 1. The highest BCUT2D eigenvalue weighted by Crippen LogP contribution is 2.37. The first-order valence-corrected chi connectivity index (χ1v) is 10.6. The Morgan fingerprint density at radius 2 is 1.74 bits per heavy atom. The van der Waals surface area contributed by atoms with E-state index in [-0.39, 0.29) is 5.75 Å². The summed E-state index contributed by atoms with van der Waals surface area (Å²) in [6.45, 7) is 7.23. The van der Waals surface area contributed by atoms with Gasteiger partial charge in [-0.3, -0.25) is 4.90 Å². The molecule has 1 fully saturated rings. The fourth-order valence-corrected chi connectivity index (χ4v) is 4.38. The van der Waals surface area contributed by atoms with E-state index in [4.69, 9.17) is 13.9 Å². The van der Waals surface area contributed by atoms with Gasteiger partial charge in [0, 0.05) is 38.1 Å². The Morgan fingerprint density at radius 1 is 1.00 bits per heavy atom. The van der Waals surface area contributed by atoms with E-state index in [1.54, 1.807) is 6.07 Å². The number of likely N-dealkylation sites (N-methyl/N-ethyl adjacent to an activating group) is 1. The maximum atomic E-state index is 13.1. The topological polar surface area (TPSA) is 75.4 Å². The van der Waals surface area contributed by atoms with Crippen LogP contribution < -0.4 is 15.1 Å². The lowest BCUT2D eigenvalue weighted by Gasteiger charge is -2.32. The molecule has 0 saturated carbocycles. The van der Waals surface area contributed by atoms with E-state index in [1.807, 2.05) is 31.2 Å². The maximum absolute atomic E-state index is 13.1. The van der Waals surface area contributed by atoms with Crippen LogP contribution in [0.15, 0.2) is 39.5 Å². The molecule has 5 rings (SSSR count). The van der Waals surface area contributed by atoms with Crippen molar-refractivity contribution in [2.45, 2.75) is 13.5 Å². The highest BCUT2D eigenvalue weighted by Gasteiger charge is 2.22. The summed E-state index contributed by atoms with van der Waals surface area (Å²) in [5.74, 6) is 1.46. The average Bonchev–Trinajstić information content (AvgIpc) is 2.77. The van der Waals surface area contributed by atoms with Crippen molar-refractivity contribution < 1.29 is 19.0 Å². The summed E-state index contributed by atoms with van der Waals surface area (Å²) in [6, 6.07) is 9.00. The van der Waals surface area contributed by atoms with Crippen molar-refractivity contribution in [2.75, 3.05) is 46.4 Å². The summed E-state index contributed by atoms with van der Waals surface area (Å²) in [4.78, 5) is 17.6. The van der Waals surface area contributed by atoms with Gasteiger partial charge in [0.2, 0.25) is 0 Å². The molecule has 0 aliphatic carbocycles. The van der Waals surface area contributed by atoms with Gasteiger partial charge in [0.1, 0.15) is 24.5 Å². The Morgan fingerprint density at radius 3 is 2.52 bits per heavy atom. The summed E-state index contributed by atoms with van der Waals surface area (Å²) in [7, 11) is 2.11. The number of fused-ring (bicyclic) bond motifs is 2. The second kappa shape index (κ2) is 7.90. The highest BCUT2D eigenvalue weighted by atomic mass is 16.6. The van der Waals surface area contributed by atoms with E-state index in [0.717, 1.165) is 42.7 Å². The molecule has 7 nitrogen and oxygen atoms in total. The third kappa shape index (κ3) is 3.64. The molecule has 0 radical (unpaired) electrons. The Bertz CT molecular complexity index is 1190. The third-order valence-corrected chi connectivity index (χ3v) is 6.22. The smallest absolute Gasteiger partial charge is 0.344 e. The Balaban J connectivity index is 1.58. The predicted molar refractivity (Wildman–Crippen MR) is 118 cm³/mol. The molecule has 1 aromatic heterocycles. The fraction of sp³-hybridized carbons (Fsp3) is 0.375. The molecule has 2 aliphatic heterocycles. The molecule has 0 unspecified atom stereocenters. The van der Waals surface area contributed by atoms with Crippen LogP contribution in [0.2, 0.25) is 0 Å². The molecule has 0 amide bonds. The third-order valence-electron chi connectivity index (χ3n) is 6.22. The first kappa shape index (κ1) is 19.9. The van der Waals surface area contributed by atoms with Gasteiger partial charge < -0.3 is 23.9 Å². The average molecular weight is 422 g/mol. The number of benzene rings is 2. The second-order valence-electron chi connectivity index (χ2n) is 8.27. The van der Waals surface area contributed by atoms with Gasteiger partial charge in [-0.25, -0.2) is 4.79 Å². The van der Waals surface area contributed by atoms with Gasteiger partial charge in [0.25, 0.3) is 0 Å². The molecular formula is C24H26N2O5. The monoisotopic (exact) mass is 422 g/mol. The number of phenols is 1. The quantitative estimate of drug-likeness (QED) is 0.651. The van der Waals surface area contributed by atoms with Crippen molar-refractivity contribution in [3.63, 3.8) is 0 Å². The maximum Gasteiger partial charge on any atom is 0.344 e. The van der Waals surface area contributed by atoms with Crippen molar-refractivity contribution in [3.05, 3.63) is 51.9 Å². The molecule has 0 spiro atoms. The van der Waals surface area contributed by atoms with E-state index < -0.39 is 5.63 Å². The van der Waals surface area contributed by atoms with Gasteiger partial charge in [-0.2, -0.15) is 0 Å². The molecule has 0 atom stereocenters. The van der Waals surface area contributed by atoms with Crippen LogP contribution in [0.25, 0.3) is 22.1 Å². The van der Waals surface area contributed by atoms with Crippen LogP contribution in [-0.2, 0) is 6.54 Å². The zero-order valence-corrected chi connectivity index (χ0v) is 17.8. The van der Waals surface area contributed by atoms with Gasteiger partial charge >= 0.3 is 5.63 Å². The van der Waals surface area contributed by atoms with E-state index in [1.165, 1.54) is 0 Å². The number of aryl methyl sites for hydroxylation is 1. The van der Waals surface area contributed by atoms with Crippen LogP contribution in [0.5, 0.6) is 17.2 Å². The van der Waals surface area contributed by atoms with Crippen LogP contribution in [0, 0.1) is 6.92 Å². The van der Waals surface area contributed by atoms with Crippen LogP contribution in [-0.4, -0.2) is 61.3 Å². The van der Waals surface area contributed by atoms with Crippen LogP contribution in [0.1, 0.15) is 11.1 Å². The predicted octanol–water partition coefficient (Wildman–Crippen LogP) is 2.99. The number of rotatable bonds is 3. The Labute approximate surface area is 180 Å². The van der Waals surface area contributed by atoms with Gasteiger partial charge in [-0.15, -0.1) is 0 Å².